The first-order valence-corrected chi connectivity index (χ1v) is 8.82. The van der Waals surface area contributed by atoms with E-state index in [4.69, 9.17) is 0 Å². The molecule has 0 saturated carbocycles. The smallest absolute Gasteiger partial charge is 0.257 e. The fraction of sp³-hybridized carbons (Fsp3) is 0.462. The number of aromatic nitrogens is 2. The molecule has 0 aliphatic rings. The molecule has 1 unspecified atom stereocenters. The summed E-state index contributed by atoms with van der Waals surface area (Å²) in [5.74, 6) is 0.673. The van der Waals surface area contributed by atoms with Crippen molar-refractivity contribution in [2.24, 2.45) is 0 Å². The number of aromatic amines is 1. The number of thiophene rings is 1. The summed E-state index contributed by atoms with van der Waals surface area (Å²) in [6, 6.07) is 3.92. The van der Waals surface area contributed by atoms with Crippen LogP contribution in [0, 0.1) is 6.92 Å². The van der Waals surface area contributed by atoms with Crippen LogP contribution in [0.3, 0.4) is 0 Å². The minimum Gasteiger partial charge on any atom is -0.332 e. The molecule has 0 amide bonds. The minimum atomic E-state index is -3.53. The Morgan fingerprint density at radius 3 is 2.75 bits per heavy atom. The van der Waals surface area contributed by atoms with E-state index >= 15 is 0 Å². The Labute approximate surface area is 123 Å². The van der Waals surface area contributed by atoms with Crippen LogP contribution in [0.5, 0.6) is 0 Å². The van der Waals surface area contributed by atoms with Crippen LogP contribution in [0.2, 0.25) is 0 Å². The number of imidazole rings is 1. The molecule has 7 heteroatoms. The van der Waals surface area contributed by atoms with Gasteiger partial charge in [0, 0.05) is 22.2 Å². The van der Waals surface area contributed by atoms with E-state index in [1.54, 1.807) is 11.3 Å². The summed E-state index contributed by atoms with van der Waals surface area (Å²) >= 11 is 1.69. The normalized spacial score (nSPS) is 13.6. The molecule has 2 heterocycles. The van der Waals surface area contributed by atoms with Crippen LogP contribution >= 0.6 is 11.3 Å². The Bertz CT molecular complexity index is 673. The fourth-order valence-electron chi connectivity index (χ4n) is 1.93. The third-order valence-electron chi connectivity index (χ3n) is 2.89. The summed E-state index contributed by atoms with van der Waals surface area (Å²) < 4.78 is 27.1. The molecule has 2 rings (SSSR count). The standard InChI is InChI=1S/C13H19N3O2S2/c1-4-12-14-8-13(15-12)20(17,18)16-9(2)7-11-6-5-10(3)19-11/h5-6,8-9,16H,4,7H2,1-3H3,(H,14,15). The second-order valence-corrected chi connectivity index (χ2v) is 7.84. The summed E-state index contributed by atoms with van der Waals surface area (Å²) in [4.78, 5) is 9.25. The van der Waals surface area contributed by atoms with E-state index in [2.05, 4.69) is 14.7 Å². The number of aryl methyl sites for hydroxylation is 2. The highest BCUT2D eigenvalue weighted by molar-refractivity contribution is 7.89. The van der Waals surface area contributed by atoms with Crippen LogP contribution in [0.15, 0.2) is 23.4 Å². The van der Waals surface area contributed by atoms with E-state index in [0.717, 1.165) is 0 Å². The SMILES string of the molecule is CCc1ncc(S(=O)(=O)NC(C)Cc2ccc(C)s2)[nH]1. The van der Waals surface area contributed by atoms with Crippen molar-refractivity contribution in [3.8, 4) is 0 Å². The molecule has 20 heavy (non-hydrogen) atoms. The van der Waals surface area contributed by atoms with Crippen LogP contribution < -0.4 is 4.72 Å². The monoisotopic (exact) mass is 313 g/mol. The van der Waals surface area contributed by atoms with Gasteiger partial charge in [-0.05, 0) is 32.4 Å². The third-order valence-corrected chi connectivity index (χ3v) is 5.41. The zero-order chi connectivity index (χ0) is 14.8. The summed E-state index contributed by atoms with van der Waals surface area (Å²) in [7, 11) is -3.53. The lowest BCUT2D eigenvalue weighted by atomic mass is 10.2. The number of hydrogen-bond acceptors (Lipinski definition) is 4. The van der Waals surface area contributed by atoms with Gasteiger partial charge in [0.1, 0.15) is 5.82 Å². The van der Waals surface area contributed by atoms with Crippen molar-refractivity contribution in [3.63, 3.8) is 0 Å². The lowest BCUT2D eigenvalue weighted by molar-refractivity contribution is 0.557. The van der Waals surface area contributed by atoms with Crippen molar-refractivity contribution < 1.29 is 8.42 Å². The maximum absolute atomic E-state index is 12.2. The number of nitrogens with zero attached hydrogens (tertiary/aromatic N) is 1. The molecule has 0 aromatic carbocycles. The van der Waals surface area contributed by atoms with Crippen molar-refractivity contribution in [3.05, 3.63) is 33.9 Å². The lowest BCUT2D eigenvalue weighted by Crippen LogP contribution is -2.34. The lowest BCUT2D eigenvalue weighted by Gasteiger charge is -2.12. The van der Waals surface area contributed by atoms with E-state index in [1.165, 1.54) is 16.0 Å². The van der Waals surface area contributed by atoms with Gasteiger partial charge in [0.15, 0.2) is 5.03 Å². The van der Waals surface area contributed by atoms with Gasteiger partial charge in [0.25, 0.3) is 10.0 Å². The maximum Gasteiger partial charge on any atom is 0.257 e. The second-order valence-electron chi connectivity index (χ2n) is 4.79. The van der Waals surface area contributed by atoms with Gasteiger partial charge in [-0.25, -0.2) is 18.1 Å². The van der Waals surface area contributed by atoms with Gasteiger partial charge in [0.05, 0.1) is 6.20 Å². The highest BCUT2D eigenvalue weighted by atomic mass is 32.2. The Kier molecular flexibility index (Phi) is 4.62. The zero-order valence-corrected chi connectivity index (χ0v) is 13.4. The van der Waals surface area contributed by atoms with E-state index in [1.807, 2.05) is 32.9 Å². The van der Waals surface area contributed by atoms with Crippen molar-refractivity contribution in [1.82, 2.24) is 14.7 Å². The minimum absolute atomic E-state index is 0.128. The predicted molar refractivity (Wildman–Crippen MR) is 80.5 cm³/mol. The molecule has 1 atom stereocenters. The van der Waals surface area contributed by atoms with Crippen molar-refractivity contribution >= 4 is 21.4 Å². The molecule has 0 fully saturated rings. The second kappa shape index (κ2) is 6.07. The van der Waals surface area contributed by atoms with Gasteiger partial charge in [0.2, 0.25) is 0 Å². The molecular formula is C13H19N3O2S2. The average molecular weight is 313 g/mol. The Morgan fingerprint density at radius 2 is 2.20 bits per heavy atom. The predicted octanol–water partition coefficient (Wildman–Crippen LogP) is 2.25. The molecule has 110 valence electrons. The van der Waals surface area contributed by atoms with Crippen LogP contribution in [0.1, 0.15) is 29.4 Å². The highest BCUT2D eigenvalue weighted by Gasteiger charge is 2.20. The molecule has 0 bridgehead atoms. The van der Waals surface area contributed by atoms with Gasteiger partial charge in [-0.15, -0.1) is 11.3 Å². The largest absolute Gasteiger partial charge is 0.332 e. The van der Waals surface area contributed by atoms with Gasteiger partial charge in [-0.3, -0.25) is 0 Å². The fourth-order valence-corrected chi connectivity index (χ4v) is 4.13. The van der Waals surface area contributed by atoms with E-state index < -0.39 is 10.0 Å². The summed E-state index contributed by atoms with van der Waals surface area (Å²) in [5, 5.41) is 0.128. The quantitative estimate of drug-likeness (QED) is 0.859. The van der Waals surface area contributed by atoms with E-state index in [9.17, 15) is 8.42 Å². The molecule has 0 radical (unpaired) electrons. The van der Waals surface area contributed by atoms with Gasteiger partial charge >= 0.3 is 0 Å². The summed E-state index contributed by atoms with van der Waals surface area (Å²) in [6.45, 7) is 5.83. The first kappa shape index (κ1) is 15.2. The molecule has 0 spiro atoms. The molecule has 0 aliphatic heterocycles. The van der Waals surface area contributed by atoms with E-state index in [-0.39, 0.29) is 11.1 Å². The molecule has 2 N–H and O–H groups in total. The Balaban J connectivity index is 2.04. The molecule has 0 saturated heterocycles. The van der Waals surface area contributed by atoms with E-state index in [0.29, 0.717) is 18.7 Å². The summed E-state index contributed by atoms with van der Waals surface area (Å²) in [5.41, 5.74) is 0. The number of H-pyrrole nitrogens is 1. The van der Waals surface area contributed by atoms with Crippen LogP contribution in [0.4, 0.5) is 0 Å². The number of rotatable bonds is 6. The van der Waals surface area contributed by atoms with Gasteiger partial charge in [-0.1, -0.05) is 6.92 Å². The number of nitrogens with one attached hydrogen (secondary N) is 2. The number of hydrogen-bond donors (Lipinski definition) is 2. The first-order chi connectivity index (χ1) is 9.40. The van der Waals surface area contributed by atoms with Crippen LogP contribution in [0.25, 0.3) is 0 Å². The molecule has 0 aliphatic carbocycles. The average Bonchev–Trinajstić information content (AvgIpc) is 2.97. The third kappa shape index (κ3) is 3.68. The van der Waals surface area contributed by atoms with Gasteiger partial charge in [-0.2, -0.15) is 0 Å². The molecule has 2 aromatic rings. The van der Waals surface area contributed by atoms with Crippen LogP contribution in [-0.4, -0.2) is 24.4 Å². The Hall–Kier alpha value is -1.18. The van der Waals surface area contributed by atoms with Gasteiger partial charge < -0.3 is 4.98 Å². The van der Waals surface area contributed by atoms with Crippen molar-refractivity contribution in [1.29, 1.82) is 0 Å². The Morgan fingerprint density at radius 1 is 1.45 bits per heavy atom. The summed E-state index contributed by atoms with van der Waals surface area (Å²) in [6.07, 6.45) is 2.73. The number of sulfonamides is 1. The van der Waals surface area contributed by atoms with Crippen LogP contribution in [-0.2, 0) is 22.9 Å². The first-order valence-electron chi connectivity index (χ1n) is 6.52. The maximum atomic E-state index is 12.2. The highest BCUT2D eigenvalue weighted by Crippen LogP contribution is 2.17. The molecule has 2 aromatic heterocycles. The molecular weight excluding hydrogens is 294 g/mol. The molecule has 5 nitrogen and oxygen atoms in total. The van der Waals surface area contributed by atoms with Crippen molar-refractivity contribution in [2.75, 3.05) is 0 Å². The van der Waals surface area contributed by atoms with Crippen molar-refractivity contribution in [2.45, 2.75) is 44.7 Å². The zero-order valence-electron chi connectivity index (χ0n) is 11.8. The topological polar surface area (TPSA) is 74.8 Å².